The Hall–Kier alpha value is -0.510. The van der Waals surface area contributed by atoms with Crippen LogP contribution in [0.25, 0.3) is 0 Å². The fourth-order valence-electron chi connectivity index (χ4n) is 1.85. The van der Waals surface area contributed by atoms with Gasteiger partial charge in [-0.3, -0.25) is 9.79 Å². The van der Waals surface area contributed by atoms with E-state index >= 15 is 0 Å². The first-order chi connectivity index (χ1) is 5.77. The molecule has 1 N–H and O–H groups in total. The zero-order chi connectivity index (χ0) is 8.55. The maximum Gasteiger partial charge on any atom is 0.306 e. The summed E-state index contributed by atoms with van der Waals surface area (Å²) in [5.41, 5.74) is 1.87. The number of carboxylic acids is 1. The summed E-state index contributed by atoms with van der Waals surface area (Å²) in [6, 6.07) is 0.408. The zero-order valence-corrected chi connectivity index (χ0v) is 7.46. The quantitative estimate of drug-likeness (QED) is 0.671. The summed E-state index contributed by atoms with van der Waals surface area (Å²) < 4.78 is 0. The molecule has 4 heteroatoms. The Labute approximate surface area is 75.3 Å². The number of nitrogens with zero attached hydrogens (tertiary/aromatic N) is 1. The minimum Gasteiger partial charge on any atom is -0.481 e. The summed E-state index contributed by atoms with van der Waals surface area (Å²) in [7, 11) is 0. The molecule has 0 amide bonds. The Kier molecular flexibility index (Phi) is 2.09. The molecule has 0 saturated heterocycles. The van der Waals surface area contributed by atoms with Crippen molar-refractivity contribution in [3.05, 3.63) is 0 Å². The molecule has 12 heavy (non-hydrogen) atoms. The van der Waals surface area contributed by atoms with E-state index in [-0.39, 0.29) is 5.92 Å². The SMILES string of the molecule is O=C(O)C1CCC2N=CSC2C1. The van der Waals surface area contributed by atoms with Crippen LogP contribution in [0.1, 0.15) is 19.3 Å². The molecular formula is C8H11NO2S. The van der Waals surface area contributed by atoms with Crippen molar-refractivity contribution in [1.82, 2.24) is 0 Å². The molecular weight excluding hydrogens is 174 g/mol. The lowest BCUT2D eigenvalue weighted by Gasteiger charge is -2.27. The number of hydrogen-bond donors (Lipinski definition) is 1. The van der Waals surface area contributed by atoms with Crippen LogP contribution in [0.4, 0.5) is 0 Å². The average molecular weight is 185 g/mol. The highest BCUT2D eigenvalue weighted by Gasteiger charge is 2.35. The molecule has 3 unspecified atom stereocenters. The van der Waals surface area contributed by atoms with Crippen molar-refractivity contribution in [3.8, 4) is 0 Å². The van der Waals surface area contributed by atoms with Crippen LogP contribution in [-0.2, 0) is 4.79 Å². The standard InChI is InChI=1S/C8H11NO2S/c10-8(11)5-1-2-6-7(3-5)12-4-9-6/h4-7H,1-3H2,(H,10,11). The number of carbonyl (C=O) groups is 1. The van der Waals surface area contributed by atoms with E-state index in [0.29, 0.717) is 11.3 Å². The van der Waals surface area contributed by atoms with Gasteiger partial charge in [-0.2, -0.15) is 0 Å². The molecule has 66 valence electrons. The molecule has 3 atom stereocenters. The van der Waals surface area contributed by atoms with E-state index in [2.05, 4.69) is 4.99 Å². The number of carboxylic acid groups (broad SMARTS) is 1. The maximum absolute atomic E-state index is 10.7. The highest BCUT2D eigenvalue weighted by atomic mass is 32.2. The Balaban J connectivity index is 1.99. The van der Waals surface area contributed by atoms with E-state index in [0.717, 1.165) is 19.3 Å². The van der Waals surface area contributed by atoms with E-state index in [4.69, 9.17) is 5.11 Å². The van der Waals surface area contributed by atoms with Crippen LogP contribution in [-0.4, -0.2) is 27.9 Å². The van der Waals surface area contributed by atoms with Crippen LogP contribution in [0.5, 0.6) is 0 Å². The molecule has 0 aromatic rings. The zero-order valence-electron chi connectivity index (χ0n) is 6.64. The summed E-state index contributed by atoms with van der Waals surface area (Å²) in [6.07, 6.45) is 2.55. The first-order valence-corrected chi connectivity index (χ1v) is 5.11. The fourth-order valence-corrected chi connectivity index (χ4v) is 2.96. The van der Waals surface area contributed by atoms with Gasteiger partial charge in [-0.1, -0.05) is 0 Å². The highest BCUT2D eigenvalue weighted by Crippen LogP contribution is 2.36. The average Bonchev–Trinajstić information content (AvgIpc) is 2.49. The fraction of sp³-hybridized carbons (Fsp3) is 0.750. The molecule has 1 saturated carbocycles. The van der Waals surface area contributed by atoms with Gasteiger partial charge in [-0.15, -0.1) is 11.8 Å². The summed E-state index contributed by atoms with van der Waals surface area (Å²) in [6.45, 7) is 0. The van der Waals surface area contributed by atoms with E-state index in [1.165, 1.54) is 0 Å². The molecule has 1 aliphatic heterocycles. The third kappa shape index (κ3) is 1.35. The Morgan fingerprint density at radius 1 is 1.58 bits per heavy atom. The molecule has 2 aliphatic rings. The van der Waals surface area contributed by atoms with E-state index < -0.39 is 5.97 Å². The molecule has 1 heterocycles. The molecule has 0 aromatic carbocycles. The Morgan fingerprint density at radius 3 is 3.17 bits per heavy atom. The van der Waals surface area contributed by atoms with Crippen molar-refractivity contribution in [2.75, 3.05) is 0 Å². The predicted octanol–water partition coefficient (Wildman–Crippen LogP) is 1.38. The lowest BCUT2D eigenvalue weighted by molar-refractivity contribution is -0.142. The molecule has 1 fully saturated rings. The number of fused-ring (bicyclic) bond motifs is 1. The van der Waals surface area contributed by atoms with E-state index in [1.54, 1.807) is 11.8 Å². The molecule has 2 rings (SSSR count). The van der Waals surface area contributed by atoms with Gasteiger partial charge < -0.3 is 5.11 Å². The third-order valence-corrected chi connectivity index (χ3v) is 3.69. The molecule has 3 nitrogen and oxygen atoms in total. The topological polar surface area (TPSA) is 49.7 Å². The van der Waals surface area contributed by atoms with Crippen LogP contribution in [0.3, 0.4) is 0 Å². The van der Waals surface area contributed by atoms with Gasteiger partial charge in [0.1, 0.15) is 0 Å². The van der Waals surface area contributed by atoms with E-state index in [1.807, 2.05) is 5.55 Å². The van der Waals surface area contributed by atoms with Crippen molar-refractivity contribution >= 4 is 23.3 Å². The summed E-state index contributed by atoms with van der Waals surface area (Å²) in [5.74, 6) is -0.763. The number of aliphatic carboxylic acids is 1. The lowest BCUT2D eigenvalue weighted by Crippen LogP contribution is -2.31. The number of thioether (sulfide) groups is 1. The highest BCUT2D eigenvalue weighted by molar-refractivity contribution is 8.12. The molecule has 0 spiro atoms. The molecule has 0 radical (unpaired) electrons. The van der Waals surface area contributed by atoms with Crippen molar-refractivity contribution in [2.24, 2.45) is 10.9 Å². The molecule has 0 aromatic heterocycles. The minimum atomic E-state index is -0.638. The smallest absolute Gasteiger partial charge is 0.306 e. The monoisotopic (exact) mass is 185 g/mol. The van der Waals surface area contributed by atoms with Gasteiger partial charge in [0.2, 0.25) is 0 Å². The van der Waals surface area contributed by atoms with Crippen LogP contribution in [0.2, 0.25) is 0 Å². The first kappa shape index (κ1) is 8.10. The van der Waals surface area contributed by atoms with Gasteiger partial charge in [-0.05, 0) is 19.3 Å². The normalized spacial score (nSPS) is 39.5. The first-order valence-electron chi connectivity index (χ1n) is 4.17. The second kappa shape index (κ2) is 3.09. The molecule has 1 aliphatic carbocycles. The largest absolute Gasteiger partial charge is 0.481 e. The van der Waals surface area contributed by atoms with Gasteiger partial charge in [0.15, 0.2) is 0 Å². The Morgan fingerprint density at radius 2 is 2.42 bits per heavy atom. The number of rotatable bonds is 1. The summed E-state index contributed by atoms with van der Waals surface area (Å²) in [5, 5.41) is 9.25. The van der Waals surface area contributed by atoms with Gasteiger partial charge in [0.25, 0.3) is 0 Å². The van der Waals surface area contributed by atoms with Gasteiger partial charge in [-0.25, -0.2) is 0 Å². The predicted molar refractivity (Wildman–Crippen MR) is 48.6 cm³/mol. The second-order valence-electron chi connectivity index (χ2n) is 3.34. The number of hydrogen-bond acceptors (Lipinski definition) is 3. The van der Waals surface area contributed by atoms with Crippen LogP contribution >= 0.6 is 11.8 Å². The molecule has 0 bridgehead atoms. The van der Waals surface area contributed by atoms with Crippen molar-refractivity contribution in [1.29, 1.82) is 0 Å². The maximum atomic E-state index is 10.7. The third-order valence-electron chi connectivity index (χ3n) is 2.59. The second-order valence-corrected chi connectivity index (χ2v) is 4.43. The van der Waals surface area contributed by atoms with Crippen LogP contribution in [0, 0.1) is 5.92 Å². The van der Waals surface area contributed by atoms with Gasteiger partial charge >= 0.3 is 5.97 Å². The van der Waals surface area contributed by atoms with Crippen molar-refractivity contribution < 1.29 is 9.90 Å². The summed E-state index contributed by atoms with van der Waals surface area (Å²) in [4.78, 5) is 15.0. The Bertz CT molecular complexity index is 229. The van der Waals surface area contributed by atoms with Gasteiger partial charge in [0.05, 0.1) is 17.5 Å². The van der Waals surface area contributed by atoms with Crippen LogP contribution in [0.15, 0.2) is 4.99 Å². The minimum absolute atomic E-state index is 0.125. The lowest BCUT2D eigenvalue weighted by atomic mass is 9.86. The van der Waals surface area contributed by atoms with Crippen molar-refractivity contribution in [3.63, 3.8) is 0 Å². The summed E-state index contributed by atoms with van der Waals surface area (Å²) >= 11 is 1.69. The van der Waals surface area contributed by atoms with Gasteiger partial charge in [0, 0.05) is 5.25 Å². The van der Waals surface area contributed by atoms with Crippen molar-refractivity contribution in [2.45, 2.75) is 30.6 Å². The number of aliphatic imine (C=N–C) groups is 1. The van der Waals surface area contributed by atoms with Crippen LogP contribution < -0.4 is 0 Å². The van der Waals surface area contributed by atoms with E-state index in [9.17, 15) is 4.79 Å².